The van der Waals surface area contributed by atoms with Crippen molar-refractivity contribution in [2.75, 3.05) is 20.3 Å². The van der Waals surface area contributed by atoms with Crippen LogP contribution in [-0.4, -0.2) is 31.3 Å². The Morgan fingerprint density at radius 3 is 3.12 bits per heavy atom. The maximum atomic E-state index is 10.9. The SMILES string of the molecule is COC(=O)/C=C/c1cnc2c(c1)OCCO2. The second kappa shape index (κ2) is 4.65. The summed E-state index contributed by atoms with van der Waals surface area (Å²) >= 11 is 0. The summed E-state index contributed by atoms with van der Waals surface area (Å²) in [5.41, 5.74) is 0.759. The van der Waals surface area contributed by atoms with Crippen LogP contribution in [0.2, 0.25) is 0 Å². The highest BCUT2D eigenvalue weighted by atomic mass is 16.6. The number of esters is 1. The molecule has 0 spiro atoms. The van der Waals surface area contributed by atoms with Crippen LogP contribution in [0.3, 0.4) is 0 Å². The molecule has 0 amide bonds. The molecule has 5 heteroatoms. The molecule has 2 rings (SSSR count). The number of hydrogen-bond acceptors (Lipinski definition) is 5. The molecule has 1 aromatic heterocycles. The van der Waals surface area contributed by atoms with Gasteiger partial charge in [0.2, 0.25) is 0 Å². The van der Waals surface area contributed by atoms with Crippen LogP contribution in [0, 0.1) is 0 Å². The van der Waals surface area contributed by atoms with Gasteiger partial charge in [-0.1, -0.05) is 0 Å². The van der Waals surface area contributed by atoms with E-state index in [-0.39, 0.29) is 0 Å². The van der Waals surface area contributed by atoms with E-state index in [1.165, 1.54) is 13.2 Å². The predicted octanol–water partition coefficient (Wildman–Crippen LogP) is 1.04. The molecule has 84 valence electrons. The minimum absolute atomic E-state index is 0.408. The molecule has 0 bridgehead atoms. The van der Waals surface area contributed by atoms with Crippen LogP contribution in [0.15, 0.2) is 18.3 Å². The number of hydrogen-bond donors (Lipinski definition) is 0. The summed E-state index contributed by atoms with van der Waals surface area (Å²) in [4.78, 5) is 15.0. The van der Waals surface area contributed by atoms with Gasteiger partial charge in [0.05, 0.1) is 7.11 Å². The molecule has 0 unspecified atom stereocenters. The first-order valence-electron chi connectivity index (χ1n) is 4.81. The molecule has 0 radical (unpaired) electrons. The maximum Gasteiger partial charge on any atom is 0.330 e. The van der Waals surface area contributed by atoms with Crippen molar-refractivity contribution < 1.29 is 19.0 Å². The Kier molecular flexibility index (Phi) is 3.05. The molecule has 16 heavy (non-hydrogen) atoms. The van der Waals surface area contributed by atoms with E-state index in [0.717, 1.165) is 5.56 Å². The average molecular weight is 221 g/mol. The van der Waals surface area contributed by atoms with E-state index in [9.17, 15) is 4.79 Å². The quantitative estimate of drug-likeness (QED) is 0.551. The summed E-state index contributed by atoms with van der Waals surface area (Å²) in [6.45, 7) is 1.02. The topological polar surface area (TPSA) is 57.7 Å². The van der Waals surface area contributed by atoms with Gasteiger partial charge in [-0.05, 0) is 17.7 Å². The van der Waals surface area contributed by atoms with Crippen LogP contribution in [0.5, 0.6) is 11.6 Å². The van der Waals surface area contributed by atoms with Gasteiger partial charge in [0.1, 0.15) is 13.2 Å². The van der Waals surface area contributed by atoms with Crippen molar-refractivity contribution in [3.8, 4) is 11.6 Å². The molecule has 0 atom stereocenters. The minimum atomic E-state index is -0.408. The van der Waals surface area contributed by atoms with Crippen LogP contribution in [0.1, 0.15) is 5.56 Å². The van der Waals surface area contributed by atoms with E-state index < -0.39 is 5.97 Å². The van der Waals surface area contributed by atoms with Gasteiger partial charge in [0.15, 0.2) is 5.75 Å². The summed E-state index contributed by atoms with van der Waals surface area (Å²) in [7, 11) is 1.33. The molecule has 1 aromatic rings. The van der Waals surface area contributed by atoms with E-state index in [2.05, 4.69) is 9.72 Å². The number of nitrogens with zero attached hydrogens (tertiary/aromatic N) is 1. The minimum Gasteiger partial charge on any atom is -0.484 e. The normalized spacial score (nSPS) is 13.8. The Morgan fingerprint density at radius 2 is 2.31 bits per heavy atom. The number of pyridine rings is 1. The molecule has 0 saturated heterocycles. The Morgan fingerprint density at radius 1 is 1.50 bits per heavy atom. The van der Waals surface area contributed by atoms with E-state index in [1.54, 1.807) is 18.3 Å². The monoisotopic (exact) mass is 221 g/mol. The molecule has 0 N–H and O–H groups in total. The lowest BCUT2D eigenvalue weighted by Crippen LogP contribution is -2.16. The highest BCUT2D eigenvalue weighted by Crippen LogP contribution is 2.28. The molecule has 1 aliphatic heterocycles. The molecule has 0 saturated carbocycles. The largest absolute Gasteiger partial charge is 0.484 e. The number of aromatic nitrogens is 1. The lowest BCUT2D eigenvalue weighted by Gasteiger charge is -2.16. The fraction of sp³-hybridized carbons (Fsp3) is 0.273. The number of carbonyl (C=O) groups is 1. The van der Waals surface area contributed by atoms with Crippen molar-refractivity contribution in [3.63, 3.8) is 0 Å². The van der Waals surface area contributed by atoms with E-state index >= 15 is 0 Å². The summed E-state index contributed by atoms with van der Waals surface area (Å²) in [5.74, 6) is 0.676. The summed E-state index contributed by atoms with van der Waals surface area (Å²) < 4.78 is 15.1. The van der Waals surface area contributed by atoms with Gasteiger partial charge in [-0.3, -0.25) is 0 Å². The Labute approximate surface area is 92.6 Å². The van der Waals surface area contributed by atoms with Crippen LogP contribution in [0.4, 0.5) is 0 Å². The average Bonchev–Trinajstić information content (AvgIpc) is 2.35. The first-order chi connectivity index (χ1) is 7.79. The zero-order chi connectivity index (χ0) is 11.4. The van der Waals surface area contributed by atoms with Crippen molar-refractivity contribution in [2.45, 2.75) is 0 Å². The van der Waals surface area contributed by atoms with E-state index in [0.29, 0.717) is 24.8 Å². The van der Waals surface area contributed by atoms with Gasteiger partial charge >= 0.3 is 5.97 Å². The van der Waals surface area contributed by atoms with Gasteiger partial charge in [-0.15, -0.1) is 0 Å². The highest BCUT2D eigenvalue weighted by Gasteiger charge is 2.12. The number of rotatable bonds is 2. The molecule has 0 aliphatic carbocycles. The smallest absolute Gasteiger partial charge is 0.330 e. The van der Waals surface area contributed by atoms with Crippen molar-refractivity contribution >= 4 is 12.0 Å². The fourth-order valence-corrected chi connectivity index (χ4v) is 1.27. The molecule has 1 aliphatic rings. The van der Waals surface area contributed by atoms with Crippen LogP contribution in [0.25, 0.3) is 6.08 Å². The zero-order valence-corrected chi connectivity index (χ0v) is 8.80. The summed E-state index contributed by atoms with van der Waals surface area (Å²) in [6.07, 6.45) is 4.54. The van der Waals surface area contributed by atoms with Crippen LogP contribution < -0.4 is 9.47 Å². The summed E-state index contributed by atoms with van der Waals surface area (Å²) in [6, 6.07) is 1.76. The van der Waals surface area contributed by atoms with Gasteiger partial charge in [-0.25, -0.2) is 9.78 Å². The molecular weight excluding hydrogens is 210 g/mol. The highest BCUT2D eigenvalue weighted by molar-refractivity contribution is 5.86. The van der Waals surface area contributed by atoms with Crippen molar-refractivity contribution in [1.29, 1.82) is 0 Å². The first-order valence-corrected chi connectivity index (χ1v) is 4.81. The third kappa shape index (κ3) is 2.31. The lowest BCUT2D eigenvalue weighted by molar-refractivity contribution is -0.134. The van der Waals surface area contributed by atoms with Crippen molar-refractivity contribution in [3.05, 3.63) is 23.9 Å². The standard InChI is InChI=1S/C11H11NO4/c1-14-10(13)3-2-8-6-9-11(12-7-8)16-5-4-15-9/h2-3,6-7H,4-5H2,1H3/b3-2+. The number of fused-ring (bicyclic) bond motifs is 1. The van der Waals surface area contributed by atoms with Gasteiger partial charge in [0.25, 0.3) is 5.88 Å². The number of carbonyl (C=O) groups excluding carboxylic acids is 1. The van der Waals surface area contributed by atoms with Gasteiger partial charge < -0.3 is 14.2 Å². The van der Waals surface area contributed by atoms with Gasteiger partial charge in [-0.2, -0.15) is 0 Å². The summed E-state index contributed by atoms with van der Waals surface area (Å²) in [5, 5.41) is 0. The Hall–Kier alpha value is -2.04. The van der Waals surface area contributed by atoms with Crippen LogP contribution >= 0.6 is 0 Å². The second-order valence-corrected chi connectivity index (χ2v) is 3.13. The predicted molar refractivity (Wildman–Crippen MR) is 56.3 cm³/mol. The van der Waals surface area contributed by atoms with Gasteiger partial charge in [0, 0.05) is 12.3 Å². The number of methoxy groups -OCH3 is 1. The zero-order valence-electron chi connectivity index (χ0n) is 8.80. The molecular formula is C11H11NO4. The molecule has 2 heterocycles. The molecule has 0 fully saturated rings. The maximum absolute atomic E-state index is 10.9. The Bertz CT molecular complexity index is 428. The molecule has 5 nitrogen and oxygen atoms in total. The van der Waals surface area contributed by atoms with Crippen molar-refractivity contribution in [1.82, 2.24) is 4.98 Å². The molecule has 0 aromatic carbocycles. The first kappa shape index (κ1) is 10.5. The van der Waals surface area contributed by atoms with Crippen LogP contribution in [-0.2, 0) is 9.53 Å². The fourth-order valence-electron chi connectivity index (χ4n) is 1.27. The van der Waals surface area contributed by atoms with Crippen molar-refractivity contribution in [2.24, 2.45) is 0 Å². The second-order valence-electron chi connectivity index (χ2n) is 3.13. The third-order valence-corrected chi connectivity index (χ3v) is 2.03. The van der Waals surface area contributed by atoms with E-state index in [1.807, 2.05) is 0 Å². The Balaban J connectivity index is 2.17. The third-order valence-electron chi connectivity index (χ3n) is 2.03. The van der Waals surface area contributed by atoms with E-state index in [4.69, 9.17) is 9.47 Å². The lowest BCUT2D eigenvalue weighted by atomic mass is 10.2. The number of ether oxygens (including phenoxy) is 3.